The summed E-state index contributed by atoms with van der Waals surface area (Å²) in [5.74, 6) is 1.19. The fourth-order valence-corrected chi connectivity index (χ4v) is 2.70. The van der Waals surface area contributed by atoms with Gasteiger partial charge in [-0.2, -0.15) is 4.98 Å². The molecule has 1 saturated heterocycles. The zero-order chi connectivity index (χ0) is 14.1. The van der Waals surface area contributed by atoms with Crippen LogP contribution >= 0.6 is 0 Å². The van der Waals surface area contributed by atoms with Crippen molar-refractivity contribution in [3.63, 3.8) is 0 Å². The van der Waals surface area contributed by atoms with E-state index >= 15 is 0 Å². The second-order valence-electron chi connectivity index (χ2n) is 5.49. The Bertz CT molecular complexity index is 614. The third-order valence-electron chi connectivity index (χ3n) is 3.82. The summed E-state index contributed by atoms with van der Waals surface area (Å²) in [5.41, 5.74) is 9.86. The molecule has 106 valence electrons. The van der Waals surface area contributed by atoms with Crippen LogP contribution in [0.15, 0.2) is 16.7 Å². The fourth-order valence-electron chi connectivity index (χ4n) is 2.70. The Morgan fingerprint density at radius 3 is 2.65 bits per heavy atom. The zero-order valence-corrected chi connectivity index (χ0v) is 12.0. The molecule has 5 heteroatoms. The summed E-state index contributed by atoms with van der Waals surface area (Å²) in [7, 11) is 0. The number of benzene rings is 1. The molecule has 2 aromatic rings. The number of nitrogens with two attached hydrogens (primary N) is 1. The highest BCUT2D eigenvalue weighted by Crippen LogP contribution is 2.30. The van der Waals surface area contributed by atoms with E-state index in [2.05, 4.69) is 21.1 Å². The van der Waals surface area contributed by atoms with Gasteiger partial charge in [0.05, 0.1) is 5.56 Å². The predicted molar refractivity (Wildman–Crippen MR) is 79.7 cm³/mol. The third-order valence-corrected chi connectivity index (χ3v) is 3.82. The van der Waals surface area contributed by atoms with E-state index < -0.39 is 0 Å². The maximum Gasteiger partial charge on any atom is 0.266 e. The van der Waals surface area contributed by atoms with Gasteiger partial charge in [0.1, 0.15) is 0 Å². The van der Waals surface area contributed by atoms with E-state index in [1.807, 2.05) is 19.9 Å². The Labute approximate surface area is 118 Å². The Morgan fingerprint density at radius 1 is 1.15 bits per heavy atom. The van der Waals surface area contributed by atoms with E-state index in [1.54, 1.807) is 0 Å². The van der Waals surface area contributed by atoms with Crippen molar-refractivity contribution < 1.29 is 4.52 Å². The lowest BCUT2D eigenvalue weighted by atomic mass is 10.0. The number of nitrogens with zero attached hydrogens (tertiary/aromatic N) is 3. The number of hydrogen-bond acceptors (Lipinski definition) is 5. The van der Waals surface area contributed by atoms with Crippen molar-refractivity contribution in [2.75, 3.05) is 23.7 Å². The Hall–Kier alpha value is -2.04. The Morgan fingerprint density at radius 2 is 1.90 bits per heavy atom. The molecule has 0 radical (unpaired) electrons. The monoisotopic (exact) mass is 272 g/mol. The first-order valence-electron chi connectivity index (χ1n) is 7.11. The quantitative estimate of drug-likeness (QED) is 0.851. The van der Waals surface area contributed by atoms with Crippen molar-refractivity contribution in [2.45, 2.75) is 33.1 Å². The van der Waals surface area contributed by atoms with E-state index in [9.17, 15) is 0 Å². The molecular formula is C15H20N4O. The first kappa shape index (κ1) is 13.0. The highest BCUT2D eigenvalue weighted by Gasteiger charge is 2.19. The molecule has 1 aromatic heterocycles. The minimum Gasteiger partial charge on any atom is -0.398 e. The number of nitrogen functional groups attached to an aromatic ring is 1. The summed E-state index contributed by atoms with van der Waals surface area (Å²) in [6.07, 6.45) is 3.66. The molecule has 0 spiro atoms. The smallest absolute Gasteiger partial charge is 0.266 e. The number of aryl methyl sites for hydroxylation is 2. The minimum atomic E-state index is 0.509. The SMILES string of the molecule is Cc1cc(C)c(N)c(-c2nc(N3CCCCC3)no2)c1. The molecule has 1 aliphatic heterocycles. The van der Waals surface area contributed by atoms with Crippen LogP contribution in [0, 0.1) is 13.8 Å². The molecule has 0 atom stereocenters. The Balaban J connectivity index is 1.93. The van der Waals surface area contributed by atoms with Crippen LogP contribution in [0.3, 0.4) is 0 Å². The van der Waals surface area contributed by atoms with Gasteiger partial charge >= 0.3 is 0 Å². The maximum absolute atomic E-state index is 6.13. The van der Waals surface area contributed by atoms with Crippen molar-refractivity contribution in [3.05, 3.63) is 23.3 Å². The Kier molecular flexibility index (Phi) is 3.34. The number of hydrogen-bond donors (Lipinski definition) is 1. The first-order chi connectivity index (χ1) is 9.65. The molecule has 0 bridgehead atoms. The van der Waals surface area contributed by atoms with Crippen LogP contribution in [0.5, 0.6) is 0 Å². The molecule has 5 nitrogen and oxygen atoms in total. The van der Waals surface area contributed by atoms with Crippen LogP contribution in [0.25, 0.3) is 11.5 Å². The lowest BCUT2D eigenvalue weighted by molar-refractivity contribution is 0.426. The molecule has 1 aliphatic rings. The van der Waals surface area contributed by atoms with Gasteiger partial charge in [-0.15, -0.1) is 0 Å². The average molecular weight is 272 g/mol. The molecule has 0 unspecified atom stereocenters. The van der Waals surface area contributed by atoms with Crippen LogP contribution in [0.4, 0.5) is 11.6 Å². The molecule has 0 aliphatic carbocycles. The average Bonchev–Trinajstić information content (AvgIpc) is 2.93. The van der Waals surface area contributed by atoms with Crippen LogP contribution in [0.2, 0.25) is 0 Å². The van der Waals surface area contributed by atoms with Crippen LogP contribution < -0.4 is 10.6 Å². The highest BCUT2D eigenvalue weighted by atomic mass is 16.5. The predicted octanol–water partition coefficient (Wildman–Crippen LogP) is 2.93. The van der Waals surface area contributed by atoms with Crippen LogP contribution in [-0.2, 0) is 0 Å². The van der Waals surface area contributed by atoms with Gasteiger partial charge in [0, 0.05) is 18.8 Å². The summed E-state index contributed by atoms with van der Waals surface area (Å²) >= 11 is 0. The van der Waals surface area contributed by atoms with Gasteiger partial charge in [0.2, 0.25) is 0 Å². The summed E-state index contributed by atoms with van der Waals surface area (Å²) in [4.78, 5) is 6.69. The second kappa shape index (κ2) is 5.15. The molecular weight excluding hydrogens is 252 g/mol. The van der Waals surface area contributed by atoms with Gasteiger partial charge in [0.25, 0.3) is 11.8 Å². The highest BCUT2D eigenvalue weighted by molar-refractivity contribution is 5.74. The van der Waals surface area contributed by atoms with Gasteiger partial charge in [0.15, 0.2) is 0 Å². The molecule has 20 heavy (non-hydrogen) atoms. The van der Waals surface area contributed by atoms with Crippen LogP contribution in [-0.4, -0.2) is 23.2 Å². The van der Waals surface area contributed by atoms with E-state index in [0.717, 1.165) is 29.8 Å². The summed E-state index contributed by atoms with van der Waals surface area (Å²) in [6.45, 7) is 6.04. The van der Waals surface area contributed by atoms with Crippen molar-refractivity contribution in [1.29, 1.82) is 0 Å². The third kappa shape index (κ3) is 2.35. The molecule has 2 N–H and O–H groups in total. The zero-order valence-electron chi connectivity index (χ0n) is 12.0. The normalized spacial score (nSPS) is 15.6. The lowest BCUT2D eigenvalue weighted by Gasteiger charge is -2.24. The van der Waals surface area contributed by atoms with Gasteiger partial charge in [-0.3, -0.25) is 0 Å². The molecule has 3 rings (SSSR count). The van der Waals surface area contributed by atoms with Gasteiger partial charge < -0.3 is 15.2 Å². The fraction of sp³-hybridized carbons (Fsp3) is 0.467. The van der Waals surface area contributed by atoms with Gasteiger partial charge in [-0.05, 0) is 55.5 Å². The van der Waals surface area contributed by atoms with Gasteiger partial charge in [-0.1, -0.05) is 6.07 Å². The van der Waals surface area contributed by atoms with Crippen molar-refractivity contribution in [1.82, 2.24) is 10.1 Å². The topological polar surface area (TPSA) is 68.2 Å². The van der Waals surface area contributed by atoms with E-state index in [-0.39, 0.29) is 0 Å². The summed E-state index contributed by atoms with van der Waals surface area (Å²) in [5, 5.41) is 4.10. The van der Waals surface area contributed by atoms with Crippen molar-refractivity contribution >= 4 is 11.6 Å². The summed E-state index contributed by atoms with van der Waals surface area (Å²) < 4.78 is 5.41. The largest absolute Gasteiger partial charge is 0.398 e. The molecule has 0 saturated carbocycles. The standard InChI is InChI=1S/C15H20N4O/c1-10-8-11(2)13(16)12(9-10)14-17-15(18-20-14)19-6-4-3-5-7-19/h8-9H,3-7,16H2,1-2H3. The number of rotatable bonds is 2. The summed E-state index contributed by atoms with van der Waals surface area (Å²) in [6, 6.07) is 4.05. The maximum atomic E-state index is 6.13. The molecule has 1 aromatic carbocycles. The molecule has 0 amide bonds. The van der Waals surface area contributed by atoms with Crippen molar-refractivity contribution in [2.24, 2.45) is 0 Å². The first-order valence-corrected chi connectivity index (χ1v) is 7.11. The molecule has 2 heterocycles. The lowest BCUT2D eigenvalue weighted by Crippen LogP contribution is -2.30. The van der Waals surface area contributed by atoms with E-state index in [4.69, 9.17) is 10.3 Å². The van der Waals surface area contributed by atoms with Gasteiger partial charge in [-0.25, -0.2) is 0 Å². The van der Waals surface area contributed by atoms with E-state index in [0.29, 0.717) is 17.5 Å². The second-order valence-corrected chi connectivity index (χ2v) is 5.49. The van der Waals surface area contributed by atoms with Crippen LogP contribution in [0.1, 0.15) is 30.4 Å². The van der Waals surface area contributed by atoms with Crippen molar-refractivity contribution in [3.8, 4) is 11.5 Å². The molecule has 1 fully saturated rings. The minimum absolute atomic E-state index is 0.509. The van der Waals surface area contributed by atoms with E-state index in [1.165, 1.54) is 19.3 Å². The number of aromatic nitrogens is 2. The number of anilines is 2. The number of piperidine rings is 1.